The molecule has 0 radical (unpaired) electrons. The zero-order valence-corrected chi connectivity index (χ0v) is 14.5. The minimum absolute atomic E-state index is 0.00795. The zero-order chi connectivity index (χ0) is 19.4. The molecule has 26 heavy (non-hydrogen) atoms. The summed E-state index contributed by atoms with van der Waals surface area (Å²) in [6, 6.07) is 6.67. The van der Waals surface area contributed by atoms with Crippen LogP contribution in [0.1, 0.15) is 12.0 Å². The molecule has 2 atom stereocenters. The summed E-state index contributed by atoms with van der Waals surface area (Å²) in [7, 11) is 2.31. The van der Waals surface area contributed by atoms with Gasteiger partial charge in [0.05, 0.1) is 27.2 Å². The average molecular weight is 364 g/mol. The molecule has 0 aliphatic carbocycles. The fourth-order valence-electron chi connectivity index (χ4n) is 1.99. The van der Waals surface area contributed by atoms with Crippen LogP contribution in [0.4, 0.5) is 0 Å². The molecule has 10 heteroatoms. The van der Waals surface area contributed by atoms with Crippen LogP contribution in [-0.4, -0.2) is 50.8 Å². The van der Waals surface area contributed by atoms with Crippen LogP contribution in [0.25, 0.3) is 10.4 Å². The summed E-state index contributed by atoms with van der Waals surface area (Å²) < 4.78 is 14.3. The Hall–Kier alpha value is -3.10. The Balaban J connectivity index is 2.81. The van der Waals surface area contributed by atoms with Crippen molar-refractivity contribution in [3.8, 4) is 0 Å². The third-order valence-electron chi connectivity index (χ3n) is 3.32. The van der Waals surface area contributed by atoms with Gasteiger partial charge in [0.15, 0.2) is 0 Å². The lowest BCUT2D eigenvalue weighted by molar-refractivity contribution is -0.152. The molecule has 0 spiro atoms. The Labute approximate surface area is 150 Å². The first-order chi connectivity index (χ1) is 12.5. The minimum Gasteiger partial charge on any atom is -0.469 e. The van der Waals surface area contributed by atoms with Crippen LogP contribution in [0, 0.1) is 0 Å². The summed E-state index contributed by atoms with van der Waals surface area (Å²) in [4.78, 5) is 38.2. The Kier molecular flexibility index (Phi) is 9.23. The second kappa shape index (κ2) is 11.5. The highest BCUT2D eigenvalue weighted by Crippen LogP contribution is 2.05. The van der Waals surface area contributed by atoms with E-state index in [0.717, 1.165) is 12.7 Å². The van der Waals surface area contributed by atoms with Gasteiger partial charge in [0.1, 0.15) is 18.7 Å². The molecule has 1 aromatic rings. The highest BCUT2D eigenvalue weighted by atomic mass is 16.5. The van der Waals surface area contributed by atoms with Crippen LogP contribution >= 0.6 is 0 Å². The Bertz CT molecular complexity index is 660. The van der Waals surface area contributed by atoms with Crippen LogP contribution in [-0.2, 0) is 35.2 Å². The number of hydrogen-bond donors (Lipinski definition) is 1. The molecule has 0 unspecified atom stereocenters. The van der Waals surface area contributed by atoms with E-state index < -0.39 is 30.0 Å². The van der Waals surface area contributed by atoms with Crippen molar-refractivity contribution in [3.05, 3.63) is 46.3 Å². The molecular weight excluding hydrogens is 344 g/mol. The van der Waals surface area contributed by atoms with Gasteiger partial charge in [-0.2, -0.15) is 0 Å². The molecule has 1 aromatic carbocycles. The average Bonchev–Trinajstić information content (AvgIpc) is 2.68. The van der Waals surface area contributed by atoms with Crippen LogP contribution in [0.5, 0.6) is 0 Å². The smallest absolute Gasteiger partial charge is 0.323 e. The molecule has 0 aliphatic rings. The first kappa shape index (κ1) is 20.9. The van der Waals surface area contributed by atoms with Crippen molar-refractivity contribution in [2.75, 3.05) is 20.8 Å². The topological polar surface area (TPSA) is 140 Å². The lowest BCUT2D eigenvalue weighted by Gasteiger charge is -2.21. The molecule has 0 amide bonds. The Morgan fingerprint density at radius 1 is 1.12 bits per heavy atom. The molecular formula is C16H20N4O6. The number of ether oxygens (including phenoxy) is 3. The molecule has 1 rings (SSSR count). The van der Waals surface area contributed by atoms with Gasteiger partial charge < -0.3 is 14.2 Å². The largest absolute Gasteiger partial charge is 0.469 e. The molecule has 10 nitrogen and oxygen atoms in total. The maximum Gasteiger partial charge on any atom is 0.323 e. The molecule has 0 bridgehead atoms. The fourth-order valence-corrected chi connectivity index (χ4v) is 1.99. The van der Waals surface area contributed by atoms with Gasteiger partial charge in [-0.05, 0) is 11.1 Å². The van der Waals surface area contributed by atoms with Crippen molar-refractivity contribution < 1.29 is 28.6 Å². The molecule has 0 fully saturated rings. The standard InChI is InChI=1S/C16H20N4O6/c1-24-14(21)8-12(15(22)25-2)19-13(9-18-20-17)16(23)26-10-11-6-4-3-5-7-11/h3-7,12-13,19H,8-10H2,1-2H3/t12-,13-/m0/s1. The van der Waals surface area contributed by atoms with Gasteiger partial charge >= 0.3 is 17.9 Å². The highest BCUT2D eigenvalue weighted by Gasteiger charge is 2.29. The maximum atomic E-state index is 12.3. The van der Waals surface area contributed by atoms with E-state index >= 15 is 0 Å². The van der Waals surface area contributed by atoms with Crippen molar-refractivity contribution >= 4 is 17.9 Å². The molecule has 0 heterocycles. The minimum atomic E-state index is -1.16. The van der Waals surface area contributed by atoms with E-state index in [1.165, 1.54) is 7.11 Å². The van der Waals surface area contributed by atoms with E-state index in [4.69, 9.17) is 10.3 Å². The molecule has 1 N–H and O–H groups in total. The monoisotopic (exact) mass is 364 g/mol. The van der Waals surface area contributed by atoms with Crippen LogP contribution in [0.15, 0.2) is 35.4 Å². The lowest BCUT2D eigenvalue weighted by Crippen LogP contribution is -2.50. The molecule has 0 saturated heterocycles. The van der Waals surface area contributed by atoms with Crippen LogP contribution in [0.2, 0.25) is 0 Å². The second-order valence-corrected chi connectivity index (χ2v) is 5.08. The number of carbonyl (C=O) groups is 3. The number of carbonyl (C=O) groups excluding carboxylic acids is 3. The van der Waals surface area contributed by atoms with Gasteiger partial charge in [0.25, 0.3) is 0 Å². The van der Waals surface area contributed by atoms with Gasteiger partial charge in [0.2, 0.25) is 0 Å². The van der Waals surface area contributed by atoms with Gasteiger partial charge in [-0.3, -0.25) is 19.7 Å². The number of esters is 3. The molecule has 0 aromatic heterocycles. The van der Waals surface area contributed by atoms with E-state index in [1.54, 1.807) is 24.3 Å². The van der Waals surface area contributed by atoms with Crippen molar-refractivity contribution in [1.82, 2.24) is 5.32 Å². The number of nitrogens with one attached hydrogen (secondary N) is 1. The van der Waals surface area contributed by atoms with Gasteiger partial charge in [-0.1, -0.05) is 35.4 Å². The molecule has 0 aliphatic heterocycles. The van der Waals surface area contributed by atoms with Crippen molar-refractivity contribution in [1.29, 1.82) is 0 Å². The summed E-state index contributed by atoms with van der Waals surface area (Å²) in [6.07, 6.45) is -0.359. The number of rotatable bonds is 10. The first-order valence-electron chi connectivity index (χ1n) is 7.64. The number of benzene rings is 1. The van der Waals surface area contributed by atoms with Crippen molar-refractivity contribution in [2.45, 2.75) is 25.1 Å². The first-order valence-corrected chi connectivity index (χ1v) is 7.64. The summed E-state index contributed by atoms with van der Waals surface area (Å²) >= 11 is 0. The Morgan fingerprint density at radius 3 is 2.38 bits per heavy atom. The third-order valence-corrected chi connectivity index (χ3v) is 3.32. The van der Waals surface area contributed by atoms with Crippen LogP contribution < -0.4 is 5.32 Å². The van der Waals surface area contributed by atoms with Gasteiger partial charge in [-0.15, -0.1) is 0 Å². The predicted octanol–water partition coefficient (Wildman–Crippen LogP) is 1.10. The number of nitrogens with zero attached hydrogens (tertiary/aromatic N) is 3. The van der Waals surface area contributed by atoms with Crippen LogP contribution in [0.3, 0.4) is 0 Å². The fraction of sp³-hybridized carbons (Fsp3) is 0.438. The molecule has 140 valence electrons. The van der Waals surface area contributed by atoms with E-state index in [1.807, 2.05) is 6.07 Å². The second-order valence-electron chi connectivity index (χ2n) is 5.08. The third kappa shape index (κ3) is 7.20. The summed E-state index contributed by atoms with van der Waals surface area (Å²) in [5.74, 6) is -2.18. The number of azide groups is 1. The lowest BCUT2D eigenvalue weighted by atomic mass is 10.1. The SMILES string of the molecule is COC(=O)C[C@H](N[C@@H](CN=[N+]=[N-])C(=O)OCc1ccccc1)C(=O)OC. The van der Waals surface area contributed by atoms with Gasteiger partial charge in [0, 0.05) is 4.91 Å². The zero-order valence-electron chi connectivity index (χ0n) is 14.5. The van der Waals surface area contributed by atoms with Crippen molar-refractivity contribution in [3.63, 3.8) is 0 Å². The molecule has 0 saturated carbocycles. The number of hydrogen-bond acceptors (Lipinski definition) is 8. The van der Waals surface area contributed by atoms with E-state index in [0.29, 0.717) is 0 Å². The summed E-state index contributed by atoms with van der Waals surface area (Å²) in [5, 5.41) is 5.96. The summed E-state index contributed by atoms with van der Waals surface area (Å²) in [6.45, 7) is -0.299. The maximum absolute atomic E-state index is 12.3. The van der Waals surface area contributed by atoms with E-state index in [2.05, 4.69) is 24.8 Å². The van der Waals surface area contributed by atoms with Crippen molar-refractivity contribution in [2.24, 2.45) is 5.11 Å². The van der Waals surface area contributed by atoms with E-state index in [-0.39, 0.29) is 19.6 Å². The highest BCUT2D eigenvalue weighted by molar-refractivity contribution is 5.84. The predicted molar refractivity (Wildman–Crippen MR) is 89.6 cm³/mol. The number of methoxy groups -OCH3 is 2. The van der Waals surface area contributed by atoms with Gasteiger partial charge in [-0.25, -0.2) is 0 Å². The quantitative estimate of drug-likeness (QED) is 0.215. The normalized spacial score (nSPS) is 12.2. The van der Waals surface area contributed by atoms with E-state index in [9.17, 15) is 14.4 Å². The summed E-state index contributed by atoms with van der Waals surface area (Å²) in [5.41, 5.74) is 9.26. The Morgan fingerprint density at radius 2 is 1.81 bits per heavy atom.